The van der Waals surface area contributed by atoms with E-state index in [1.165, 1.54) is 0 Å². The Bertz CT molecular complexity index is 673. The molecule has 1 aromatic carbocycles. The Labute approximate surface area is 133 Å². The van der Waals surface area contributed by atoms with Crippen LogP contribution in [0.25, 0.3) is 0 Å². The second-order valence-electron chi connectivity index (χ2n) is 6.04. The number of nitrogens with one attached hydrogen (secondary N) is 2. The molecule has 1 fully saturated rings. The van der Waals surface area contributed by atoms with Crippen LogP contribution in [0.15, 0.2) is 18.2 Å². The van der Waals surface area contributed by atoms with Crippen LogP contribution in [0.4, 0.5) is 0 Å². The number of β-amino-alcohol motifs (C(OH)–C–C–N with tert-alkyl or cyclic N) is 1. The van der Waals surface area contributed by atoms with Crippen LogP contribution in [0.3, 0.4) is 0 Å². The minimum Gasteiger partial charge on any atom is -0.391 e. The van der Waals surface area contributed by atoms with Gasteiger partial charge in [-0.3, -0.25) is 19.3 Å². The van der Waals surface area contributed by atoms with E-state index in [2.05, 4.69) is 10.6 Å². The Hall–Kier alpha value is -2.25. The van der Waals surface area contributed by atoms with Crippen molar-refractivity contribution in [1.82, 2.24) is 15.5 Å². The van der Waals surface area contributed by atoms with Gasteiger partial charge in [0.05, 0.1) is 17.2 Å². The maximum Gasteiger partial charge on any atom is 0.262 e. The van der Waals surface area contributed by atoms with Crippen molar-refractivity contribution in [3.8, 4) is 0 Å². The average molecular weight is 317 g/mol. The molecule has 0 aliphatic carbocycles. The van der Waals surface area contributed by atoms with Crippen LogP contribution in [0.1, 0.15) is 26.3 Å². The number of hydrogen-bond donors (Lipinski definition) is 3. The Kier molecular flexibility index (Phi) is 4.14. The van der Waals surface area contributed by atoms with Gasteiger partial charge in [-0.05, 0) is 19.1 Å². The molecule has 7 heteroatoms. The quantitative estimate of drug-likeness (QED) is 0.637. The molecular formula is C16H19N3O4. The van der Waals surface area contributed by atoms with Gasteiger partial charge in [0.2, 0.25) is 5.91 Å². The summed E-state index contributed by atoms with van der Waals surface area (Å²) in [5.74, 6) is -1.34. The largest absolute Gasteiger partial charge is 0.391 e. The summed E-state index contributed by atoms with van der Waals surface area (Å²) in [7, 11) is 0. The Morgan fingerprint density at radius 1 is 1.30 bits per heavy atom. The first-order chi connectivity index (χ1) is 11.0. The van der Waals surface area contributed by atoms with E-state index < -0.39 is 23.8 Å². The number of carbonyl (C=O) groups is 3. The van der Waals surface area contributed by atoms with Crippen molar-refractivity contribution < 1.29 is 19.5 Å². The van der Waals surface area contributed by atoms with E-state index in [0.717, 1.165) is 10.5 Å². The normalized spacial score (nSPS) is 23.3. The second-order valence-corrected chi connectivity index (χ2v) is 6.04. The molecule has 1 saturated heterocycles. The van der Waals surface area contributed by atoms with E-state index in [4.69, 9.17) is 0 Å². The van der Waals surface area contributed by atoms with Crippen molar-refractivity contribution in [2.24, 2.45) is 5.92 Å². The number of fused-ring (bicyclic) bond motifs is 1. The summed E-state index contributed by atoms with van der Waals surface area (Å²) < 4.78 is 0. The minimum atomic E-state index is -0.488. The van der Waals surface area contributed by atoms with Gasteiger partial charge in [-0.25, -0.2) is 0 Å². The smallest absolute Gasteiger partial charge is 0.262 e. The molecule has 7 nitrogen and oxygen atoms in total. The molecule has 23 heavy (non-hydrogen) atoms. The summed E-state index contributed by atoms with van der Waals surface area (Å²) in [5.41, 5.74) is 1.57. The van der Waals surface area contributed by atoms with Gasteiger partial charge in [0.25, 0.3) is 11.8 Å². The maximum absolute atomic E-state index is 12.3. The van der Waals surface area contributed by atoms with Gasteiger partial charge in [-0.2, -0.15) is 0 Å². The number of amides is 3. The average Bonchev–Trinajstić information content (AvgIpc) is 3.02. The van der Waals surface area contributed by atoms with Crippen LogP contribution in [0, 0.1) is 12.8 Å². The van der Waals surface area contributed by atoms with Crippen LogP contribution >= 0.6 is 0 Å². The number of imide groups is 1. The summed E-state index contributed by atoms with van der Waals surface area (Å²) >= 11 is 0. The molecule has 0 radical (unpaired) electrons. The van der Waals surface area contributed by atoms with Crippen LogP contribution < -0.4 is 10.6 Å². The molecule has 0 saturated carbocycles. The molecule has 0 spiro atoms. The number of benzene rings is 1. The van der Waals surface area contributed by atoms with E-state index in [0.29, 0.717) is 30.8 Å². The highest BCUT2D eigenvalue weighted by atomic mass is 16.3. The van der Waals surface area contributed by atoms with Gasteiger partial charge in [-0.15, -0.1) is 0 Å². The van der Waals surface area contributed by atoms with E-state index in [9.17, 15) is 19.5 Å². The third-order valence-electron chi connectivity index (χ3n) is 4.29. The highest BCUT2D eigenvalue weighted by molar-refractivity contribution is 6.22. The summed E-state index contributed by atoms with van der Waals surface area (Å²) in [4.78, 5) is 37.5. The molecular weight excluding hydrogens is 298 g/mol. The van der Waals surface area contributed by atoms with E-state index in [1.54, 1.807) is 18.2 Å². The predicted molar refractivity (Wildman–Crippen MR) is 81.9 cm³/mol. The molecule has 122 valence electrons. The van der Waals surface area contributed by atoms with Crippen LogP contribution in [-0.2, 0) is 4.79 Å². The van der Waals surface area contributed by atoms with E-state index in [-0.39, 0.29) is 12.5 Å². The van der Waals surface area contributed by atoms with Crippen molar-refractivity contribution >= 4 is 17.7 Å². The Balaban J connectivity index is 1.61. The molecule has 3 N–H and O–H groups in total. The van der Waals surface area contributed by atoms with Gasteiger partial charge in [0.15, 0.2) is 0 Å². The van der Waals surface area contributed by atoms with Gasteiger partial charge in [0, 0.05) is 25.6 Å². The molecule has 2 atom stereocenters. The van der Waals surface area contributed by atoms with Crippen LogP contribution in [0.5, 0.6) is 0 Å². The molecule has 1 aromatic rings. The lowest BCUT2D eigenvalue weighted by Crippen LogP contribution is -2.42. The zero-order valence-corrected chi connectivity index (χ0v) is 12.8. The number of aliphatic hydroxyl groups is 1. The lowest BCUT2D eigenvalue weighted by atomic mass is 10.1. The van der Waals surface area contributed by atoms with Gasteiger partial charge in [0.1, 0.15) is 6.54 Å². The fourth-order valence-corrected chi connectivity index (χ4v) is 2.92. The lowest BCUT2D eigenvalue weighted by molar-refractivity contribution is -0.121. The lowest BCUT2D eigenvalue weighted by Gasteiger charge is -2.17. The SMILES string of the molecule is Cc1ccc2c(c1)C(=O)N(CC(=O)NCC1CNCC1O)C2=O. The molecule has 3 rings (SSSR count). The highest BCUT2D eigenvalue weighted by Crippen LogP contribution is 2.23. The fourth-order valence-electron chi connectivity index (χ4n) is 2.92. The topological polar surface area (TPSA) is 98.7 Å². The van der Waals surface area contributed by atoms with Crippen molar-refractivity contribution in [3.63, 3.8) is 0 Å². The van der Waals surface area contributed by atoms with Crippen LogP contribution in [0.2, 0.25) is 0 Å². The standard InChI is InChI=1S/C16H19N3O4/c1-9-2-3-11-12(4-9)16(23)19(15(11)22)8-14(21)18-6-10-5-17-7-13(10)20/h2-4,10,13,17,20H,5-8H2,1H3,(H,18,21). The minimum absolute atomic E-state index is 0.0521. The summed E-state index contributed by atoms with van der Waals surface area (Å²) in [6, 6.07) is 5.04. The molecule has 2 heterocycles. The van der Waals surface area contributed by atoms with E-state index in [1.807, 2.05) is 6.92 Å². The summed E-state index contributed by atoms with van der Waals surface area (Å²) in [6.07, 6.45) is -0.488. The molecule has 2 aliphatic heterocycles. The zero-order chi connectivity index (χ0) is 16.6. The third-order valence-corrected chi connectivity index (χ3v) is 4.29. The Morgan fingerprint density at radius 3 is 2.74 bits per heavy atom. The maximum atomic E-state index is 12.3. The number of hydrogen-bond acceptors (Lipinski definition) is 5. The monoisotopic (exact) mass is 317 g/mol. The van der Waals surface area contributed by atoms with E-state index >= 15 is 0 Å². The van der Waals surface area contributed by atoms with Gasteiger partial charge >= 0.3 is 0 Å². The number of aryl methyl sites for hydroxylation is 1. The predicted octanol–water partition coefficient (Wildman–Crippen LogP) is -0.712. The van der Waals surface area contributed by atoms with Crippen molar-refractivity contribution in [2.45, 2.75) is 13.0 Å². The fraction of sp³-hybridized carbons (Fsp3) is 0.438. The van der Waals surface area contributed by atoms with Crippen molar-refractivity contribution in [3.05, 3.63) is 34.9 Å². The zero-order valence-electron chi connectivity index (χ0n) is 12.8. The number of aliphatic hydroxyl groups excluding tert-OH is 1. The summed E-state index contributed by atoms with van der Waals surface area (Å²) in [5, 5.41) is 15.4. The molecule has 2 unspecified atom stereocenters. The van der Waals surface area contributed by atoms with Gasteiger partial charge < -0.3 is 15.7 Å². The number of carbonyl (C=O) groups excluding carboxylic acids is 3. The first-order valence-corrected chi connectivity index (χ1v) is 7.59. The third kappa shape index (κ3) is 2.97. The van der Waals surface area contributed by atoms with Crippen molar-refractivity contribution in [1.29, 1.82) is 0 Å². The van der Waals surface area contributed by atoms with Crippen molar-refractivity contribution in [2.75, 3.05) is 26.2 Å². The first kappa shape index (κ1) is 15.6. The first-order valence-electron chi connectivity index (χ1n) is 7.59. The highest BCUT2D eigenvalue weighted by Gasteiger charge is 2.36. The Morgan fingerprint density at radius 2 is 2.04 bits per heavy atom. The number of rotatable bonds is 4. The molecule has 3 amide bonds. The molecule has 0 bridgehead atoms. The van der Waals surface area contributed by atoms with Gasteiger partial charge in [-0.1, -0.05) is 11.6 Å². The molecule has 2 aliphatic rings. The summed E-state index contributed by atoms with van der Waals surface area (Å²) in [6.45, 7) is 3.00. The second kappa shape index (κ2) is 6.10. The number of nitrogens with zero attached hydrogens (tertiary/aromatic N) is 1. The molecule has 0 aromatic heterocycles. The van der Waals surface area contributed by atoms with Crippen LogP contribution in [-0.4, -0.2) is 60.0 Å².